The number of rotatable bonds is 6. The van der Waals surface area contributed by atoms with Crippen LogP contribution in [0.4, 0.5) is 4.39 Å². The lowest BCUT2D eigenvalue weighted by Crippen LogP contribution is -2.13. The molecule has 0 spiro atoms. The summed E-state index contributed by atoms with van der Waals surface area (Å²) < 4.78 is 17.9. The van der Waals surface area contributed by atoms with Crippen LogP contribution in [-0.2, 0) is 0 Å². The number of carbonyl (C=O) groups excluding carboxylic acids is 1. The van der Waals surface area contributed by atoms with E-state index in [-0.39, 0.29) is 17.8 Å². The fraction of sp³-hybridized carbons (Fsp3) is 0.471. The molecule has 1 rings (SSSR count). The third-order valence-electron chi connectivity index (χ3n) is 2.90. The van der Waals surface area contributed by atoms with Crippen molar-refractivity contribution in [2.45, 2.75) is 40.5 Å². The van der Waals surface area contributed by atoms with Crippen molar-refractivity contribution in [1.82, 2.24) is 0 Å². The van der Waals surface area contributed by atoms with Crippen molar-refractivity contribution in [3.63, 3.8) is 0 Å². The molecule has 0 amide bonds. The minimum Gasteiger partial charge on any atom is -0.489 e. The number of benzene rings is 1. The lowest BCUT2D eigenvalue weighted by atomic mass is 9.88. The van der Waals surface area contributed by atoms with Crippen molar-refractivity contribution in [2.24, 2.45) is 5.41 Å². The van der Waals surface area contributed by atoms with Crippen LogP contribution in [0.3, 0.4) is 0 Å². The molecule has 0 unspecified atom stereocenters. The Morgan fingerprint density at radius 3 is 2.30 bits per heavy atom. The number of ether oxygens (including phenoxy) is 1. The first kappa shape index (κ1) is 16.4. The van der Waals surface area contributed by atoms with Gasteiger partial charge in [0, 0.05) is 12.0 Å². The maximum absolute atomic E-state index is 12.4. The van der Waals surface area contributed by atoms with Crippen LogP contribution in [0, 0.1) is 5.41 Å². The molecule has 0 fully saturated rings. The highest BCUT2D eigenvalue weighted by Crippen LogP contribution is 2.22. The van der Waals surface area contributed by atoms with Crippen molar-refractivity contribution in [2.75, 3.05) is 6.61 Å². The van der Waals surface area contributed by atoms with E-state index in [0.717, 1.165) is 0 Å². The average molecular weight is 278 g/mol. The molecular weight excluding hydrogens is 255 g/mol. The summed E-state index contributed by atoms with van der Waals surface area (Å²) >= 11 is 0. The van der Waals surface area contributed by atoms with Crippen LogP contribution < -0.4 is 4.74 Å². The van der Waals surface area contributed by atoms with Crippen LogP contribution >= 0.6 is 0 Å². The second-order valence-electron chi connectivity index (χ2n) is 6.09. The van der Waals surface area contributed by atoms with E-state index in [2.05, 4.69) is 0 Å². The van der Waals surface area contributed by atoms with Crippen molar-refractivity contribution in [1.29, 1.82) is 0 Å². The van der Waals surface area contributed by atoms with E-state index in [9.17, 15) is 9.18 Å². The molecule has 3 heteroatoms. The lowest BCUT2D eigenvalue weighted by Gasteiger charge is -2.16. The van der Waals surface area contributed by atoms with Crippen LogP contribution in [0.15, 0.2) is 36.2 Å². The Morgan fingerprint density at radius 1 is 1.25 bits per heavy atom. The van der Waals surface area contributed by atoms with Gasteiger partial charge in [-0.1, -0.05) is 27.7 Å². The molecule has 0 N–H and O–H groups in total. The van der Waals surface area contributed by atoms with E-state index < -0.39 is 0 Å². The SMILES string of the molecule is CC/C(=C\F)COc1ccc(C(=O)CC(C)(C)C)cc1. The highest BCUT2D eigenvalue weighted by atomic mass is 19.1. The number of halogens is 1. The molecule has 0 aliphatic carbocycles. The Bertz CT molecular complexity index is 467. The van der Waals surface area contributed by atoms with Gasteiger partial charge in [0.05, 0.1) is 6.33 Å². The highest BCUT2D eigenvalue weighted by Gasteiger charge is 2.17. The van der Waals surface area contributed by atoms with Crippen LogP contribution in [0.25, 0.3) is 0 Å². The molecule has 2 nitrogen and oxygen atoms in total. The summed E-state index contributed by atoms with van der Waals surface area (Å²) in [6.07, 6.45) is 1.72. The topological polar surface area (TPSA) is 26.3 Å². The van der Waals surface area contributed by atoms with Gasteiger partial charge in [0.15, 0.2) is 5.78 Å². The molecule has 0 aromatic heterocycles. The standard InChI is InChI=1S/C17H23FO2/c1-5-13(11-18)12-20-15-8-6-14(7-9-15)16(19)10-17(2,3)4/h6-9,11H,5,10,12H2,1-4H3/b13-11+. The summed E-state index contributed by atoms with van der Waals surface area (Å²) in [5.74, 6) is 0.770. The Hall–Kier alpha value is -1.64. The monoisotopic (exact) mass is 278 g/mol. The van der Waals surface area contributed by atoms with Gasteiger partial charge in [0.2, 0.25) is 0 Å². The van der Waals surface area contributed by atoms with Gasteiger partial charge in [-0.05, 0) is 41.7 Å². The van der Waals surface area contributed by atoms with Crippen LogP contribution in [0.5, 0.6) is 5.75 Å². The summed E-state index contributed by atoms with van der Waals surface area (Å²) in [5, 5.41) is 0. The van der Waals surface area contributed by atoms with Crippen molar-refractivity contribution in [3.05, 3.63) is 41.7 Å². The predicted molar refractivity (Wildman–Crippen MR) is 79.8 cm³/mol. The van der Waals surface area contributed by atoms with Gasteiger partial charge in [0.1, 0.15) is 12.4 Å². The zero-order valence-electron chi connectivity index (χ0n) is 12.7. The Balaban J connectivity index is 2.63. The Kier molecular flexibility index (Phi) is 5.93. The maximum Gasteiger partial charge on any atom is 0.163 e. The Morgan fingerprint density at radius 2 is 1.85 bits per heavy atom. The minimum absolute atomic E-state index is 0.0196. The first-order chi connectivity index (χ1) is 9.35. The molecule has 110 valence electrons. The van der Waals surface area contributed by atoms with Crippen LogP contribution in [0.2, 0.25) is 0 Å². The molecule has 0 bridgehead atoms. The van der Waals surface area contributed by atoms with E-state index in [1.165, 1.54) is 0 Å². The normalized spacial score (nSPS) is 12.3. The molecule has 0 radical (unpaired) electrons. The second kappa shape index (κ2) is 7.22. The van der Waals surface area contributed by atoms with E-state index in [4.69, 9.17) is 4.74 Å². The van der Waals surface area contributed by atoms with Crippen molar-refractivity contribution >= 4 is 5.78 Å². The van der Waals surface area contributed by atoms with E-state index in [1.54, 1.807) is 24.3 Å². The first-order valence-corrected chi connectivity index (χ1v) is 6.90. The summed E-state index contributed by atoms with van der Waals surface area (Å²) in [4.78, 5) is 12.0. The molecule has 1 aromatic rings. The number of hydrogen-bond acceptors (Lipinski definition) is 2. The first-order valence-electron chi connectivity index (χ1n) is 6.90. The summed E-state index contributed by atoms with van der Waals surface area (Å²) in [7, 11) is 0. The fourth-order valence-corrected chi connectivity index (χ4v) is 1.71. The minimum atomic E-state index is -0.0196. The number of carbonyl (C=O) groups is 1. The van der Waals surface area contributed by atoms with Gasteiger partial charge in [-0.15, -0.1) is 0 Å². The van der Waals surface area contributed by atoms with E-state index >= 15 is 0 Å². The summed E-state index contributed by atoms with van der Waals surface area (Å²) in [5.41, 5.74) is 1.27. The molecule has 0 aliphatic rings. The van der Waals surface area contributed by atoms with Crippen LogP contribution in [0.1, 0.15) is 50.9 Å². The average Bonchev–Trinajstić information content (AvgIpc) is 2.38. The molecular formula is C17H23FO2. The van der Waals surface area contributed by atoms with Crippen molar-refractivity contribution < 1.29 is 13.9 Å². The summed E-state index contributed by atoms with van der Waals surface area (Å²) in [6.45, 7) is 8.24. The molecule has 0 heterocycles. The van der Waals surface area contributed by atoms with Gasteiger partial charge in [0.25, 0.3) is 0 Å². The third-order valence-corrected chi connectivity index (χ3v) is 2.90. The summed E-state index contributed by atoms with van der Waals surface area (Å²) in [6, 6.07) is 7.02. The molecule has 0 saturated heterocycles. The number of Topliss-reactive ketones (excluding diaryl/α,β-unsaturated/α-hetero) is 1. The van der Waals surface area contributed by atoms with Gasteiger partial charge >= 0.3 is 0 Å². The van der Waals surface area contributed by atoms with Gasteiger partial charge < -0.3 is 4.74 Å². The van der Waals surface area contributed by atoms with E-state index in [0.29, 0.717) is 36.1 Å². The second-order valence-corrected chi connectivity index (χ2v) is 6.09. The largest absolute Gasteiger partial charge is 0.489 e. The zero-order valence-corrected chi connectivity index (χ0v) is 12.7. The Labute approximate surface area is 120 Å². The number of ketones is 1. The van der Waals surface area contributed by atoms with Gasteiger partial charge in [-0.3, -0.25) is 4.79 Å². The molecule has 20 heavy (non-hydrogen) atoms. The lowest BCUT2D eigenvalue weighted by molar-refractivity contribution is 0.0940. The molecule has 0 saturated carbocycles. The maximum atomic E-state index is 12.4. The highest BCUT2D eigenvalue weighted by molar-refractivity contribution is 5.96. The van der Waals surface area contributed by atoms with Gasteiger partial charge in [-0.25, -0.2) is 4.39 Å². The molecule has 1 aromatic carbocycles. The van der Waals surface area contributed by atoms with E-state index in [1.807, 2.05) is 27.7 Å². The fourth-order valence-electron chi connectivity index (χ4n) is 1.71. The number of hydrogen-bond donors (Lipinski definition) is 0. The molecule has 0 atom stereocenters. The molecule has 0 aliphatic heterocycles. The van der Waals surface area contributed by atoms with Crippen LogP contribution in [-0.4, -0.2) is 12.4 Å². The smallest absolute Gasteiger partial charge is 0.163 e. The zero-order chi connectivity index (χ0) is 15.2. The van der Waals surface area contributed by atoms with Crippen molar-refractivity contribution in [3.8, 4) is 5.75 Å². The third kappa shape index (κ3) is 5.55. The quantitative estimate of drug-likeness (QED) is 0.688. The van der Waals surface area contributed by atoms with Gasteiger partial charge in [-0.2, -0.15) is 0 Å². The predicted octanol–water partition coefficient (Wildman–Crippen LogP) is 4.95.